The summed E-state index contributed by atoms with van der Waals surface area (Å²) >= 11 is 0. The van der Waals surface area contributed by atoms with E-state index in [1.807, 2.05) is 12.1 Å². The molecule has 0 aliphatic heterocycles. The Morgan fingerprint density at radius 1 is 0.952 bits per heavy atom. The maximum atomic E-state index is 11.3. The average Bonchev–Trinajstić information content (AvgIpc) is 2.45. The van der Waals surface area contributed by atoms with Gasteiger partial charge >= 0.3 is 0 Å². The summed E-state index contributed by atoms with van der Waals surface area (Å²) in [7, 11) is -3.18. The summed E-state index contributed by atoms with van der Waals surface area (Å²) in [6, 6.07) is 13.5. The summed E-state index contributed by atoms with van der Waals surface area (Å²) in [6.45, 7) is 0.689. The summed E-state index contributed by atoms with van der Waals surface area (Å²) in [4.78, 5) is 0.267. The van der Waals surface area contributed by atoms with Gasteiger partial charge in [0.05, 0.1) is 10.6 Å². The lowest BCUT2D eigenvalue weighted by Crippen LogP contribution is -2.10. The third kappa shape index (κ3) is 4.39. The van der Waals surface area contributed by atoms with Crippen LogP contribution in [0.3, 0.4) is 0 Å². The van der Waals surface area contributed by atoms with E-state index in [1.54, 1.807) is 24.3 Å². The van der Waals surface area contributed by atoms with Gasteiger partial charge in [-0.15, -0.1) is 0 Å². The van der Waals surface area contributed by atoms with E-state index in [1.165, 1.54) is 18.4 Å². The van der Waals surface area contributed by atoms with Crippen LogP contribution in [0.2, 0.25) is 0 Å². The largest absolute Gasteiger partial charge is 0.490 e. The summed E-state index contributed by atoms with van der Waals surface area (Å²) < 4.78 is 33.6. The van der Waals surface area contributed by atoms with Crippen LogP contribution in [-0.4, -0.2) is 27.9 Å². The zero-order valence-corrected chi connectivity index (χ0v) is 12.5. The zero-order valence-electron chi connectivity index (χ0n) is 11.7. The lowest BCUT2D eigenvalue weighted by molar-refractivity contribution is 0.218. The van der Waals surface area contributed by atoms with Crippen molar-refractivity contribution in [2.45, 2.75) is 4.90 Å². The highest BCUT2D eigenvalue weighted by Gasteiger charge is 2.06. The molecule has 2 aromatic rings. The number of hydrogen-bond donors (Lipinski definition) is 1. The van der Waals surface area contributed by atoms with Gasteiger partial charge in [-0.2, -0.15) is 0 Å². The van der Waals surface area contributed by atoms with Crippen molar-refractivity contribution in [1.82, 2.24) is 0 Å². The molecule has 0 saturated carbocycles. The van der Waals surface area contributed by atoms with Crippen molar-refractivity contribution < 1.29 is 17.9 Å². The van der Waals surface area contributed by atoms with Gasteiger partial charge in [0.15, 0.2) is 9.84 Å². The van der Waals surface area contributed by atoms with E-state index in [-0.39, 0.29) is 4.90 Å². The lowest BCUT2D eigenvalue weighted by Gasteiger charge is -2.10. The molecule has 2 aromatic carbocycles. The molecular weight excluding hydrogens is 290 g/mol. The Hall–Kier alpha value is -2.21. The van der Waals surface area contributed by atoms with Crippen LogP contribution in [0.5, 0.6) is 11.5 Å². The Morgan fingerprint density at radius 2 is 1.57 bits per heavy atom. The molecule has 2 rings (SSSR count). The van der Waals surface area contributed by atoms with E-state index < -0.39 is 9.84 Å². The predicted molar refractivity (Wildman–Crippen MR) is 81.4 cm³/mol. The Kier molecular flexibility index (Phi) is 4.70. The molecule has 0 aliphatic carbocycles. The Morgan fingerprint density at radius 3 is 2.19 bits per heavy atom. The molecule has 6 heteroatoms. The van der Waals surface area contributed by atoms with Crippen molar-refractivity contribution in [3.63, 3.8) is 0 Å². The minimum absolute atomic E-state index is 0.267. The van der Waals surface area contributed by atoms with Crippen LogP contribution >= 0.6 is 0 Å². The highest BCUT2D eigenvalue weighted by molar-refractivity contribution is 7.90. The van der Waals surface area contributed by atoms with Crippen molar-refractivity contribution >= 4 is 15.5 Å². The number of nitrogen functional groups attached to an aromatic ring is 1. The second-order valence-electron chi connectivity index (χ2n) is 4.48. The van der Waals surface area contributed by atoms with Crippen LogP contribution in [0.4, 0.5) is 5.69 Å². The van der Waals surface area contributed by atoms with Crippen molar-refractivity contribution in [2.75, 3.05) is 25.2 Å². The van der Waals surface area contributed by atoms with Crippen LogP contribution in [0, 0.1) is 0 Å². The van der Waals surface area contributed by atoms with Gasteiger partial charge in [-0.05, 0) is 36.4 Å². The minimum atomic E-state index is -3.18. The molecule has 0 unspecified atom stereocenters. The van der Waals surface area contributed by atoms with Gasteiger partial charge < -0.3 is 15.2 Å². The summed E-state index contributed by atoms with van der Waals surface area (Å²) in [5, 5.41) is 0. The van der Waals surface area contributed by atoms with E-state index in [0.717, 1.165) is 0 Å². The Balaban J connectivity index is 1.83. The molecular formula is C15H17NO4S. The molecule has 2 N–H and O–H groups in total. The SMILES string of the molecule is CS(=O)(=O)c1ccc(OCCOc2ccccc2N)cc1. The predicted octanol–water partition coefficient (Wildman–Crippen LogP) is 2.13. The fourth-order valence-corrected chi connectivity index (χ4v) is 2.34. The van der Waals surface area contributed by atoms with Gasteiger partial charge in [-0.25, -0.2) is 8.42 Å². The van der Waals surface area contributed by atoms with Gasteiger partial charge in [-0.3, -0.25) is 0 Å². The maximum Gasteiger partial charge on any atom is 0.175 e. The molecule has 0 atom stereocenters. The number of sulfone groups is 1. The molecule has 0 aliphatic rings. The number of ether oxygens (including phenoxy) is 2. The smallest absolute Gasteiger partial charge is 0.175 e. The summed E-state index contributed by atoms with van der Waals surface area (Å²) in [5.41, 5.74) is 6.33. The molecule has 0 spiro atoms. The van der Waals surface area contributed by atoms with Gasteiger partial charge in [0.25, 0.3) is 0 Å². The van der Waals surface area contributed by atoms with Crippen LogP contribution in [0.15, 0.2) is 53.4 Å². The summed E-state index contributed by atoms with van der Waals surface area (Å²) in [5.74, 6) is 1.21. The third-order valence-corrected chi connectivity index (χ3v) is 3.91. The monoisotopic (exact) mass is 307 g/mol. The number of benzene rings is 2. The first-order chi connectivity index (χ1) is 9.97. The standard InChI is InChI=1S/C15H17NO4S/c1-21(17,18)13-8-6-12(7-9-13)19-10-11-20-15-5-3-2-4-14(15)16/h2-9H,10-11,16H2,1H3. The van der Waals surface area contributed by atoms with E-state index in [0.29, 0.717) is 30.4 Å². The number of hydrogen-bond acceptors (Lipinski definition) is 5. The van der Waals surface area contributed by atoms with Gasteiger partial charge in [0.1, 0.15) is 24.7 Å². The average molecular weight is 307 g/mol. The van der Waals surface area contributed by atoms with Crippen LogP contribution in [0.25, 0.3) is 0 Å². The number of rotatable bonds is 6. The second kappa shape index (κ2) is 6.49. The van der Waals surface area contributed by atoms with Crippen molar-refractivity contribution in [1.29, 1.82) is 0 Å². The molecule has 0 fully saturated rings. The van der Waals surface area contributed by atoms with E-state index in [9.17, 15) is 8.42 Å². The van der Waals surface area contributed by atoms with Crippen LogP contribution < -0.4 is 15.2 Å². The van der Waals surface area contributed by atoms with Gasteiger partial charge in [-0.1, -0.05) is 12.1 Å². The van der Waals surface area contributed by atoms with E-state index in [4.69, 9.17) is 15.2 Å². The molecule has 0 bridgehead atoms. The zero-order chi connectivity index (χ0) is 15.3. The number of nitrogens with two attached hydrogens (primary N) is 1. The lowest BCUT2D eigenvalue weighted by atomic mass is 10.3. The molecule has 0 radical (unpaired) electrons. The van der Waals surface area contributed by atoms with Crippen molar-refractivity contribution in [2.24, 2.45) is 0 Å². The van der Waals surface area contributed by atoms with Gasteiger partial charge in [0.2, 0.25) is 0 Å². The highest BCUT2D eigenvalue weighted by atomic mass is 32.2. The topological polar surface area (TPSA) is 78.6 Å². The summed E-state index contributed by atoms with van der Waals surface area (Å²) in [6.07, 6.45) is 1.17. The first-order valence-corrected chi connectivity index (χ1v) is 8.26. The first-order valence-electron chi connectivity index (χ1n) is 6.37. The maximum absolute atomic E-state index is 11.3. The normalized spacial score (nSPS) is 11.1. The number of para-hydroxylation sites is 2. The quantitative estimate of drug-likeness (QED) is 0.653. The fourth-order valence-electron chi connectivity index (χ4n) is 1.71. The first kappa shape index (κ1) is 15.2. The molecule has 0 aromatic heterocycles. The molecule has 112 valence electrons. The molecule has 0 saturated heterocycles. The molecule has 0 amide bonds. The van der Waals surface area contributed by atoms with Crippen LogP contribution in [0.1, 0.15) is 0 Å². The molecule has 21 heavy (non-hydrogen) atoms. The third-order valence-electron chi connectivity index (χ3n) is 2.78. The van der Waals surface area contributed by atoms with E-state index >= 15 is 0 Å². The van der Waals surface area contributed by atoms with E-state index in [2.05, 4.69) is 0 Å². The minimum Gasteiger partial charge on any atom is -0.490 e. The molecule has 5 nitrogen and oxygen atoms in total. The Bertz CT molecular complexity index is 696. The second-order valence-corrected chi connectivity index (χ2v) is 6.49. The molecule has 0 heterocycles. The van der Waals surface area contributed by atoms with Crippen molar-refractivity contribution in [3.8, 4) is 11.5 Å². The van der Waals surface area contributed by atoms with Crippen molar-refractivity contribution in [3.05, 3.63) is 48.5 Å². The number of anilines is 1. The fraction of sp³-hybridized carbons (Fsp3) is 0.200. The highest BCUT2D eigenvalue weighted by Crippen LogP contribution is 2.20. The Labute approximate surface area is 124 Å². The van der Waals surface area contributed by atoms with Crippen LogP contribution in [-0.2, 0) is 9.84 Å². The van der Waals surface area contributed by atoms with Gasteiger partial charge in [0, 0.05) is 6.26 Å².